The molecule has 1 N–H and O–H groups in total. The number of hydrogen-bond donors (Lipinski definition) is 1. The van der Waals surface area contributed by atoms with Crippen molar-refractivity contribution in [3.8, 4) is 22.9 Å². The molecule has 0 aliphatic carbocycles. The van der Waals surface area contributed by atoms with Gasteiger partial charge in [0.05, 0.1) is 23.0 Å². The molecule has 0 aliphatic heterocycles. The lowest BCUT2D eigenvalue weighted by molar-refractivity contribution is 0.102. The Balaban J connectivity index is 1.55. The first-order valence-electron chi connectivity index (χ1n) is 9.02. The Kier molecular flexibility index (Phi) is 4.75. The molecule has 0 spiro atoms. The number of aromatic nitrogens is 3. The molecule has 0 fully saturated rings. The van der Waals surface area contributed by atoms with Crippen LogP contribution in [0.3, 0.4) is 0 Å². The quantitative estimate of drug-likeness (QED) is 0.327. The van der Waals surface area contributed by atoms with E-state index in [-0.39, 0.29) is 17.8 Å². The van der Waals surface area contributed by atoms with E-state index < -0.39 is 0 Å². The molecule has 0 aliphatic rings. The second-order valence-electron chi connectivity index (χ2n) is 6.43. The Morgan fingerprint density at radius 3 is 2.63 bits per heavy atom. The molecular formula is C22H13IN4O3. The zero-order valence-electron chi connectivity index (χ0n) is 15.4. The van der Waals surface area contributed by atoms with Gasteiger partial charge in [0, 0.05) is 14.5 Å². The summed E-state index contributed by atoms with van der Waals surface area (Å²) in [5, 5.41) is 11.2. The Hall–Kier alpha value is -3.53. The SMILES string of the molecule is O=C(Nc1nnc(-c2ccco2)o1)c1cc(-c2ccccc2)nc2ccc(I)cc12. The number of pyridine rings is 1. The van der Waals surface area contributed by atoms with E-state index in [1.165, 1.54) is 6.26 Å². The molecule has 3 aromatic heterocycles. The van der Waals surface area contributed by atoms with Crippen LogP contribution in [0.15, 0.2) is 81.8 Å². The normalized spacial score (nSPS) is 11.0. The number of nitrogens with zero attached hydrogens (tertiary/aromatic N) is 3. The Morgan fingerprint density at radius 1 is 0.967 bits per heavy atom. The van der Waals surface area contributed by atoms with E-state index in [4.69, 9.17) is 13.8 Å². The van der Waals surface area contributed by atoms with Gasteiger partial charge in [-0.3, -0.25) is 10.1 Å². The van der Waals surface area contributed by atoms with Crippen LogP contribution in [0.25, 0.3) is 33.8 Å². The lowest BCUT2D eigenvalue weighted by Crippen LogP contribution is -2.13. The van der Waals surface area contributed by atoms with Gasteiger partial charge in [0.1, 0.15) is 0 Å². The maximum Gasteiger partial charge on any atom is 0.322 e. The fraction of sp³-hybridized carbons (Fsp3) is 0. The van der Waals surface area contributed by atoms with Crippen molar-refractivity contribution in [2.24, 2.45) is 0 Å². The van der Waals surface area contributed by atoms with Crippen LogP contribution in [0.4, 0.5) is 6.01 Å². The highest BCUT2D eigenvalue weighted by Crippen LogP contribution is 2.27. The van der Waals surface area contributed by atoms with Gasteiger partial charge in [-0.2, -0.15) is 0 Å². The molecule has 5 aromatic rings. The summed E-state index contributed by atoms with van der Waals surface area (Å²) in [5.41, 5.74) is 2.82. The average Bonchev–Trinajstić information content (AvgIpc) is 3.45. The van der Waals surface area contributed by atoms with Crippen molar-refractivity contribution in [3.05, 3.63) is 82.1 Å². The van der Waals surface area contributed by atoms with E-state index in [2.05, 4.69) is 38.1 Å². The van der Waals surface area contributed by atoms with Gasteiger partial charge in [-0.25, -0.2) is 4.98 Å². The van der Waals surface area contributed by atoms with E-state index in [1.807, 2.05) is 48.5 Å². The fourth-order valence-corrected chi connectivity index (χ4v) is 3.57. The Bertz CT molecular complexity index is 1350. The van der Waals surface area contributed by atoms with Gasteiger partial charge in [-0.05, 0) is 59.0 Å². The Morgan fingerprint density at radius 2 is 1.83 bits per heavy atom. The van der Waals surface area contributed by atoms with E-state index in [1.54, 1.807) is 18.2 Å². The van der Waals surface area contributed by atoms with Gasteiger partial charge in [0.2, 0.25) is 0 Å². The van der Waals surface area contributed by atoms with Crippen molar-refractivity contribution in [1.82, 2.24) is 15.2 Å². The van der Waals surface area contributed by atoms with Gasteiger partial charge in [-0.1, -0.05) is 35.4 Å². The predicted octanol–water partition coefficient (Wildman–Crippen LogP) is 5.40. The number of anilines is 1. The third-order valence-corrected chi connectivity index (χ3v) is 5.13. The van der Waals surface area contributed by atoms with Gasteiger partial charge in [0.15, 0.2) is 5.76 Å². The van der Waals surface area contributed by atoms with Gasteiger partial charge in [-0.15, -0.1) is 5.10 Å². The van der Waals surface area contributed by atoms with Crippen LogP contribution in [0, 0.1) is 3.57 Å². The predicted molar refractivity (Wildman–Crippen MR) is 120 cm³/mol. The molecule has 0 bridgehead atoms. The summed E-state index contributed by atoms with van der Waals surface area (Å²) >= 11 is 2.21. The van der Waals surface area contributed by atoms with Crippen LogP contribution in [-0.2, 0) is 0 Å². The van der Waals surface area contributed by atoms with Gasteiger partial charge in [0.25, 0.3) is 11.8 Å². The summed E-state index contributed by atoms with van der Waals surface area (Å²) in [6.07, 6.45) is 1.51. The minimum atomic E-state index is -0.365. The largest absolute Gasteiger partial charge is 0.459 e. The highest BCUT2D eigenvalue weighted by molar-refractivity contribution is 14.1. The number of fused-ring (bicyclic) bond motifs is 1. The molecule has 0 radical (unpaired) electrons. The summed E-state index contributed by atoms with van der Waals surface area (Å²) in [5.74, 6) is 0.254. The van der Waals surface area contributed by atoms with Gasteiger partial charge < -0.3 is 8.83 Å². The summed E-state index contributed by atoms with van der Waals surface area (Å²) in [6.45, 7) is 0. The first kappa shape index (κ1) is 18.5. The zero-order chi connectivity index (χ0) is 20.5. The maximum atomic E-state index is 13.1. The van der Waals surface area contributed by atoms with Crippen LogP contribution < -0.4 is 5.32 Å². The molecule has 8 heteroatoms. The second-order valence-corrected chi connectivity index (χ2v) is 7.67. The summed E-state index contributed by atoms with van der Waals surface area (Å²) in [6, 6.07) is 20.7. The third kappa shape index (κ3) is 3.57. The van der Waals surface area contributed by atoms with Crippen LogP contribution in [0.5, 0.6) is 0 Å². The number of carbonyl (C=O) groups is 1. The summed E-state index contributed by atoms with van der Waals surface area (Å²) < 4.78 is 11.7. The maximum absolute atomic E-state index is 13.1. The summed E-state index contributed by atoms with van der Waals surface area (Å²) in [7, 11) is 0. The zero-order valence-corrected chi connectivity index (χ0v) is 17.5. The number of rotatable bonds is 4. The second kappa shape index (κ2) is 7.71. The lowest BCUT2D eigenvalue weighted by atomic mass is 10.0. The van der Waals surface area contributed by atoms with Crippen LogP contribution >= 0.6 is 22.6 Å². The highest BCUT2D eigenvalue weighted by Gasteiger charge is 2.18. The molecule has 0 saturated heterocycles. The number of halogens is 1. The van der Waals surface area contributed by atoms with Gasteiger partial charge >= 0.3 is 6.01 Å². The van der Waals surface area contributed by atoms with E-state index >= 15 is 0 Å². The fourth-order valence-electron chi connectivity index (χ4n) is 3.08. The first-order chi connectivity index (χ1) is 14.7. The van der Waals surface area contributed by atoms with Crippen molar-refractivity contribution in [2.45, 2.75) is 0 Å². The topological polar surface area (TPSA) is 94.1 Å². The number of carbonyl (C=O) groups excluding carboxylic acids is 1. The number of benzene rings is 2. The van der Waals surface area contributed by atoms with Crippen molar-refractivity contribution in [3.63, 3.8) is 0 Å². The van der Waals surface area contributed by atoms with E-state index in [9.17, 15) is 4.79 Å². The molecule has 0 saturated carbocycles. The van der Waals surface area contributed by atoms with Crippen LogP contribution in [0.2, 0.25) is 0 Å². The number of amides is 1. The molecule has 7 nitrogen and oxygen atoms in total. The number of hydrogen-bond acceptors (Lipinski definition) is 6. The molecule has 0 unspecified atom stereocenters. The molecule has 5 rings (SSSR count). The molecule has 1 amide bonds. The average molecular weight is 508 g/mol. The number of nitrogens with one attached hydrogen (secondary N) is 1. The molecule has 146 valence electrons. The molecular weight excluding hydrogens is 495 g/mol. The standard InChI is InChI=1S/C22H13IN4O3/c23-14-8-9-17-15(11-14)16(12-18(24-17)13-5-2-1-3-6-13)20(28)25-22-27-26-21(30-22)19-7-4-10-29-19/h1-12H,(H,25,27,28). The van der Waals surface area contributed by atoms with Crippen molar-refractivity contribution >= 4 is 45.4 Å². The first-order valence-corrected chi connectivity index (χ1v) is 10.1. The number of furan rings is 1. The van der Waals surface area contributed by atoms with Crippen LogP contribution in [0.1, 0.15) is 10.4 Å². The van der Waals surface area contributed by atoms with E-state index in [0.29, 0.717) is 17.0 Å². The van der Waals surface area contributed by atoms with Crippen molar-refractivity contribution in [1.29, 1.82) is 0 Å². The van der Waals surface area contributed by atoms with Crippen molar-refractivity contribution in [2.75, 3.05) is 5.32 Å². The molecule has 0 atom stereocenters. The molecule has 2 aromatic carbocycles. The summed E-state index contributed by atoms with van der Waals surface area (Å²) in [4.78, 5) is 17.9. The third-order valence-electron chi connectivity index (χ3n) is 4.46. The molecule has 3 heterocycles. The highest BCUT2D eigenvalue weighted by atomic mass is 127. The van der Waals surface area contributed by atoms with E-state index in [0.717, 1.165) is 20.0 Å². The molecule has 30 heavy (non-hydrogen) atoms. The minimum absolute atomic E-state index is 0.0109. The lowest BCUT2D eigenvalue weighted by Gasteiger charge is -2.10. The van der Waals surface area contributed by atoms with Crippen LogP contribution in [-0.4, -0.2) is 21.1 Å². The van der Waals surface area contributed by atoms with Crippen molar-refractivity contribution < 1.29 is 13.6 Å². The smallest absolute Gasteiger partial charge is 0.322 e. The monoisotopic (exact) mass is 508 g/mol. The minimum Gasteiger partial charge on any atom is -0.459 e. The Labute approximate surface area is 184 Å².